The van der Waals surface area contributed by atoms with Gasteiger partial charge in [-0.05, 0) is 251 Å². The van der Waals surface area contributed by atoms with E-state index in [1.165, 1.54) is 38.2 Å². The molecule has 5 aliphatic heterocycles. The Labute approximate surface area is 718 Å². The standard InChI is InChI=1S/C21H26N4O3.C19H29BN2O4.C17H19N5O2.C16H18N4O.C8H9BrN2O.C6H7BrN2/c1-14(26)23-11-16-7-8-22-13-18(16)17-10-15-6-5-9-25(19(15)24-12-17)20(27)28-21(2,3)4;1-17(2,3)24-16(23)22-10-8-9-13-11-14(12-21-15(13)22)20-25-18(4,5)19(6,7)26-20;1-11(23)20-8-13-4-5-19-10-15(13)14-7-12-3-2-6-22(17(18)24)16(12)21-9-14;1-11(21)19-8-13-4-6-17-10-15(13)14-7-12-3-2-5-18-16(12)20-9-14;1-6(12)11-4-7-2-3-10-5-8(7)9;7-6-4-9-2-1-5(6)3-8/h7-8,10,12-13H,5-6,9,11H2,1-4H3,(H,23,26);11-12H,8-10H2,1-7H3;4-5,7,9-10H,2-3,6,8H2,1H3,(H2,18,24)(H,20,23);4,6-7,9-10H,2-3,5,8H2,1H3,(H,18,20)(H,19,21);2-3,5H,4H2,1H3,(H,11,12);1-2,4H,3,8H2. The molecule has 5 aliphatic rings. The smallest absolute Gasteiger partial charge is 0.443 e. The third-order valence-electron chi connectivity index (χ3n) is 19.7. The maximum absolute atomic E-state index is 12.5. The number of ether oxygens (including phenoxy) is 2. The maximum atomic E-state index is 12.5. The summed E-state index contributed by atoms with van der Waals surface area (Å²) in [6.45, 7) is 30.5. The molecule has 0 atom stereocenters. The van der Waals surface area contributed by atoms with Gasteiger partial charge in [-0.25, -0.2) is 34.3 Å². The molecule has 1 saturated heterocycles. The first kappa shape index (κ1) is 92.6. The third-order valence-corrected chi connectivity index (χ3v) is 21.1. The summed E-state index contributed by atoms with van der Waals surface area (Å²) in [6, 6.07) is 17.2. The van der Waals surface area contributed by atoms with Crippen LogP contribution < -0.4 is 58.2 Å². The summed E-state index contributed by atoms with van der Waals surface area (Å²) >= 11 is 6.65. The van der Waals surface area contributed by atoms with E-state index in [9.17, 15) is 33.6 Å². The van der Waals surface area contributed by atoms with E-state index in [4.69, 9.17) is 30.2 Å². The minimum Gasteiger partial charge on any atom is -0.443 e. The molecular formula is C87H108BBr2N19O11. The molecule has 8 amide bonds. The summed E-state index contributed by atoms with van der Waals surface area (Å²) in [4.78, 5) is 124. The molecule has 0 aromatic carbocycles. The fourth-order valence-corrected chi connectivity index (χ4v) is 13.8. The zero-order valence-electron chi connectivity index (χ0n) is 70.6. The Bertz CT molecular complexity index is 5090. The number of nitrogens with zero attached hydrogens (tertiary/aromatic N) is 12. The molecule has 33 heteroatoms. The van der Waals surface area contributed by atoms with Gasteiger partial charge in [-0.1, -0.05) is 6.07 Å². The summed E-state index contributed by atoms with van der Waals surface area (Å²) < 4.78 is 25.2. The van der Waals surface area contributed by atoms with Crippen molar-refractivity contribution in [3.63, 3.8) is 0 Å². The van der Waals surface area contributed by atoms with E-state index in [0.29, 0.717) is 69.8 Å². The van der Waals surface area contributed by atoms with Crippen LogP contribution in [0.5, 0.6) is 0 Å². The highest BCUT2D eigenvalue weighted by atomic mass is 79.9. The Balaban J connectivity index is 0.000000169. The molecule has 9 aromatic heterocycles. The Hall–Kier alpha value is -11.3. The lowest BCUT2D eigenvalue weighted by Crippen LogP contribution is -2.42. The molecule has 634 valence electrons. The van der Waals surface area contributed by atoms with Gasteiger partial charge in [-0.15, -0.1) is 0 Å². The van der Waals surface area contributed by atoms with Gasteiger partial charge in [-0.2, -0.15) is 0 Å². The van der Waals surface area contributed by atoms with Gasteiger partial charge in [0.25, 0.3) is 0 Å². The first-order valence-corrected chi connectivity index (χ1v) is 41.3. The van der Waals surface area contributed by atoms with Gasteiger partial charge in [0.2, 0.25) is 23.6 Å². The number of hydrogen-bond acceptors (Lipinski definition) is 22. The number of fused-ring (bicyclic) bond motifs is 4. The summed E-state index contributed by atoms with van der Waals surface area (Å²) in [5, 5.41) is 14.5. The van der Waals surface area contributed by atoms with Crippen LogP contribution in [0.3, 0.4) is 0 Å². The van der Waals surface area contributed by atoms with Crippen LogP contribution in [0.1, 0.15) is 173 Å². The number of hydrogen-bond donors (Lipinski definition) is 7. The molecular weight excluding hydrogens is 1660 g/mol. The molecule has 9 N–H and O–H groups in total. The van der Waals surface area contributed by atoms with Crippen LogP contribution in [-0.2, 0) is 96.4 Å². The van der Waals surface area contributed by atoms with Crippen molar-refractivity contribution < 1.29 is 52.3 Å². The lowest BCUT2D eigenvalue weighted by Gasteiger charge is -2.32. The second kappa shape index (κ2) is 42.6. The molecule has 0 radical (unpaired) electrons. The number of urea groups is 1. The first-order valence-electron chi connectivity index (χ1n) is 39.8. The summed E-state index contributed by atoms with van der Waals surface area (Å²) in [5.41, 5.74) is 24.9. The lowest BCUT2D eigenvalue weighted by atomic mass is 9.79. The largest absolute Gasteiger partial charge is 0.496 e. The van der Waals surface area contributed by atoms with Crippen molar-refractivity contribution in [3.8, 4) is 33.4 Å². The lowest BCUT2D eigenvalue weighted by molar-refractivity contribution is -0.120. The van der Waals surface area contributed by atoms with Crippen LogP contribution in [-0.4, -0.2) is 142 Å². The normalized spacial score (nSPS) is 14.5. The van der Waals surface area contributed by atoms with Crippen LogP contribution in [0, 0.1) is 0 Å². The number of nitrogens with two attached hydrogens (primary N) is 2. The zero-order chi connectivity index (χ0) is 87.1. The highest BCUT2D eigenvalue weighted by Gasteiger charge is 2.52. The minimum atomic E-state index is -0.553. The van der Waals surface area contributed by atoms with Gasteiger partial charge in [0, 0.05) is 221 Å². The van der Waals surface area contributed by atoms with E-state index in [-0.39, 0.29) is 35.8 Å². The number of primary amides is 1. The Kier molecular flexibility index (Phi) is 32.9. The van der Waals surface area contributed by atoms with E-state index in [0.717, 1.165) is 156 Å². The monoisotopic (exact) mass is 1760 g/mol. The number of halogens is 2. The summed E-state index contributed by atoms with van der Waals surface area (Å²) in [5.74, 6) is 2.70. The second-order valence-electron chi connectivity index (χ2n) is 32.0. The number of aromatic nitrogens is 9. The topological polar surface area (TPSA) is 394 Å². The van der Waals surface area contributed by atoms with Crippen molar-refractivity contribution >= 4 is 110 Å². The number of carbonyl (C=O) groups is 7. The van der Waals surface area contributed by atoms with Gasteiger partial charge in [0.1, 0.15) is 34.5 Å². The van der Waals surface area contributed by atoms with E-state index in [1.807, 2.05) is 130 Å². The van der Waals surface area contributed by atoms with Crippen LogP contribution in [0.15, 0.2) is 150 Å². The molecule has 0 unspecified atom stereocenters. The SMILES string of the molecule is CC(=O)NCc1ccncc1-c1cnc2c(c1)CCCN2.CC(=O)NCc1ccncc1-c1cnc2c(c1)CCCN2C(=O)OC(C)(C)C.CC(=O)NCc1ccncc1-c1cnc2c(c1)CCCN2C(N)=O.CC(=O)NCc1ccncc1Br.CC(C)(C)OC(=O)N1CCCc2cc(B3OC(C)(C)C(C)(C)O3)cnc21.NCc1ccncc1Br. The molecule has 0 saturated carbocycles. The van der Waals surface area contributed by atoms with Gasteiger partial charge >= 0.3 is 25.3 Å². The number of anilines is 4. The number of pyridine rings is 9. The van der Waals surface area contributed by atoms with Crippen LogP contribution in [0.2, 0.25) is 0 Å². The quantitative estimate of drug-likeness (QED) is 0.0527. The summed E-state index contributed by atoms with van der Waals surface area (Å²) in [7, 11) is -0.449. The predicted octanol–water partition coefficient (Wildman–Crippen LogP) is 13.1. The molecule has 9 aromatic rings. The Morgan fingerprint density at radius 1 is 0.467 bits per heavy atom. The van der Waals surface area contributed by atoms with Crippen molar-refractivity contribution in [2.24, 2.45) is 11.5 Å². The molecule has 14 rings (SSSR count). The molecule has 0 spiro atoms. The molecule has 0 bridgehead atoms. The average molecular weight is 1770 g/mol. The van der Waals surface area contributed by atoms with Crippen LogP contribution in [0.25, 0.3) is 33.4 Å². The van der Waals surface area contributed by atoms with Gasteiger partial charge < -0.3 is 56.8 Å². The van der Waals surface area contributed by atoms with Crippen LogP contribution >= 0.6 is 31.9 Å². The number of rotatable bonds is 13. The highest BCUT2D eigenvalue weighted by molar-refractivity contribution is 9.10. The van der Waals surface area contributed by atoms with Crippen molar-refractivity contribution in [2.75, 3.05) is 46.2 Å². The van der Waals surface area contributed by atoms with Gasteiger partial charge in [0.05, 0.1) is 11.2 Å². The minimum absolute atomic E-state index is 0.0290. The Morgan fingerprint density at radius 3 is 1.19 bits per heavy atom. The molecule has 30 nitrogen and oxygen atoms in total. The third kappa shape index (κ3) is 26.6. The fraction of sp³-hybridized carbons (Fsp3) is 0.402. The van der Waals surface area contributed by atoms with Crippen molar-refractivity contribution in [3.05, 3.63) is 200 Å². The number of aryl methyl sites for hydroxylation is 4. The van der Waals surface area contributed by atoms with E-state index >= 15 is 0 Å². The van der Waals surface area contributed by atoms with Gasteiger partial charge in [-0.3, -0.25) is 58.8 Å². The highest BCUT2D eigenvalue weighted by Crippen LogP contribution is 2.39. The zero-order valence-corrected chi connectivity index (χ0v) is 73.8. The fourth-order valence-electron chi connectivity index (χ4n) is 13.0. The first-order chi connectivity index (χ1) is 57.0. The molecule has 14 heterocycles. The number of carbonyl (C=O) groups excluding carboxylic acids is 7. The number of nitrogens with one attached hydrogen (secondary N) is 5. The molecule has 0 aliphatic carbocycles. The van der Waals surface area contributed by atoms with Crippen molar-refractivity contribution in [1.29, 1.82) is 0 Å². The van der Waals surface area contributed by atoms with Crippen molar-refractivity contribution in [2.45, 2.75) is 203 Å². The molecule has 1 fully saturated rings. The maximum Gasteiger partial charge on any atom is 0.496 e. The Morgan fingerprint density at radius 2 is 0.808 bits per heavy atom. The van der Waals surface area contributed by atoms with Crippen LogP contribution in [0.4, 0.5) is 37.7 Å². The van der Waals surface area contributed by atoms with E-state index in [1.54, 1.807) is 84.2 Å². The van der Waals surface area contributed by atoms with Crippen molar-refractivity contribution in [1.82, 2.24) is 66.1 Å². The van der Waals surface area contributed by atoms with Gasteiger partial charge in [0.15, 0.2) is 0 Å². The average Bonchev–Trinajstić information content (AvgIpc) is 1.68. The molecule has 120 heavy (non-hydrogen) atoms. The van der Waals surface area contributed by atoms with E-state index in [2.05, 4.69) is 109 Å². The summed E-state index contributed by atoms with van der Waals surface area (Å²) in [6.07, 6.45) is 31.0. The number of amides is 8. The van der Waals surface area contributed by atoms with E-state index < -0.39 is 35.6 Å². The second-order valence-corrected chi connectivity index (χ2v) is 33.7. The predicted molar refractivity (Wildman–Crippen MR) is 470 cm³/mol.